The van der Waals surface area contributed by atoms with Gasteiger partial charge < -0.3 is 10.2 Å². The predicted octanol–water partition coefficient (Wildman–Crippen LogP) is 5.12. The van der Waals surface area contributed by atoms with Crippen molar-refractivity contribution in [2.45, 2.75) is 58.4 Å². The first-order chi connectivity index (χ1) is 19.0. The predicted molar refractivity (Wildman–Crippen MR) is 161 cm³/mol. The zero-order chi connectivity index (χ0) is 29.3. The molecule has 0 radical (unpaired) electrons. The van der Waals surface area contributed by atoms with Crippen molar-refractivity contribution >= 4 is 27.5 Å². The van der Waals surface area contributed by atoms with Crippen LogP contribution in [0.3, 0.4) is 0 Å². The molecule has 0 heterocycles. The topological polar surface area (TPSA) is 86.8 Å². The summed E-state index contributed by atoms with van der Waals surface area (Å²) in [4.78, 5) is 29.0. The van der Waals surface area contributed by atoms with Crippen LogP contribution in [-0.4, -0.2) is 50.8 Å². The number of rotatable bonds is 13. The Bertz CT molecular complexity index is 1380. The van der Waals surface area contributed by atoms with Crippen LogP contribution in [0.4, 0.5) is 5.69 Å². The van der Waals surface area contributed by atoms with E-state index in [4.69, 9.17) is 0 Å². The van der Waals surface area contributed by atoms with Crippen LogP contribution in [0.2, 0.25) is 0 Å². The summed E-state index contributed by atoms with van der Waals surface area (Å²) in [6.07, 6.45) is 0.940. The van der Waals surface area contributed by atoms with Crippen LogP contribution in [0.15, 0.2) is 83.8 Å². The van der Waals surface area contributed by atoms with Crippen molar-refractivity contribution < 1.29 is 18.0 Å². The summed E-state index contributed by atoms with van der Waals surface area (Å²) in [7, 11) is -4.07. The number of hydrogen-bond acceptors (Lipinski definition) is 4. The molecule has 1 N–H and O–H groups in total. The van der Waals surface area contributed by atoms with Gasteiger partial charge in [0.2, 0.25) is 11.8 Å². The lowest BCUT2D eigenvalue weighted by molar-refractivity contribution is -0.139. The minimum Gasteiger partial charge on any atom is -0.354 e. The average molecular weight is 564 g/mol. The van der Waals surface area contributed by atoms with E-state index in [0.29, 0.717) is 25.1 Å². The SMILES string of the molecule is CC[C@@H](C(=O)NCC(C)C)N(CCc1ccccc1)C(=O)CN(c1ccc(C)c(C)c1)S(=O)(=O)c1ccccc1. The molecular weight excluding hydrogens is 522 g/mol. The van der Waals surface area contributed by atoms with E-state index in [-0.39, 0.29) is 23.3 Å². The summed E-state index contributed by atoms with van der Waals surface area (Å²) in [6.45, 7) is 10.1. The van der Waals surface area contributed by atoms with E-state index < -0.39 is 28.5 Å². The van der Waals surface area contributed by atoms with Gasteiger partial charge in [-0.2, -0.15) is 0 Å². The van der Waals surface area contributed by atoms with Gasteiger partial charge in [-0.15, -0.1) is 0 Å². The Morgan fingerprint density at radius 2 is 1.50 bits per heavy atom. The molecule has 2 amide bonds. The number of sulfonamides is 1. The van der Waals surface area contributed by atoms with Gasteiger partial charge in [-0.25, -0.2) is 8.42 Å². The molecule has 0 aliphatic carbocycles. The second-order valence-corrected chi connectivity index (χ2v) is 12.3. The molecule has 0 saturated heterocycles. The van der Waals surface area contributed by atoms with Crippen LogP contribution in [0.5, 0.6) is 0 Å². The third-order valence-corrected chi connectivity index (χ3v) is 8.73. The smallest absolute Gasteiger partial charge is 0.264 e. The normalized spacial score (nSPS) is 12.2. The van der Waals surface area contributed by atoms with E-state index in [1.54, 1.807) is 30.3 Å². The molecule has 40 heavy (non-hydrogen) atoms. The molecule has 0 unspecified atom stereocenters. The lowest BCUT2D eigenvalue weighted by Gasteiger charge is -2.33. The van der Waals surface area contributed by atoms with Gasteiger partial charge in [-0.05, 0) is 73.6 Å². The van der Waals surface area contributed by atoms with E-state index in [2.05, 4.69) is 5.32 Å². The highest BCUT2D eigenvalue weighted by atomic mass is 32.2. The van der Waals surface area contributed by atoms with Gasteiger partial charge in [0.1, 0.15) is 12.6 Å². The molecule has 0 fully saturated rings. The Hall–Kier alpha value is -3.65. The summed E-state index contributed by atoms with van der Waals surface area (Å²) in [5.74, 6) is -0.410. The summed E-state index contributed by atoms with van der Waals surface area (Å²) >= 11 is 0. The highest BCUT2D eigenvalue weighted by Crippen LogP contribution is 2.26. The Kier molecular flexibility index (Phi) is 10.9. The van der Waals surface area contributed by atoms with Crippen molar-refractivity contribution in [1.82, 2.24) is 10.2 Å². The zero-order valence-electron chi connectivity index (χ0n) is 24.1. The lowest BCUT2D eigenvalue weighted by Crippen LogP contribution is -2.53. The Morgan fingerprint density at radius 3 is 2.08 bits per heavy atom. The number of nitrogens with one attached hydrogen (secondary N) is 1. The van der Waals surface area contributed by atoms with Crippen molar-refractivity contribution in [2.75, 3.05) is 23.9 Å². The van der Waals surface area contributed by atoms with Crippen molar-refractivity contribution in [1.29, 1.82) is 0 Å². The summed E-state index contributed by atoms with van der Waals surface area (Å²) in [5.41, 5.74) is 3.37. The van der Waals surface area contributed by atoms with Crippen LogP contribution in [-0.2, 0) is 26.0 Å². The van der Waals surface area contributed by atoms with E-state index in [1.165, 1.54) is 17.0 Å². The number of carbonyl (C=O) groups is 2. The number of anilines is 1. The highest BCUT2D eigenvalue weighted by Gasteiger charge is 2.33. The van der Waals surface area contributed by atoms with Gasteiger partial charge in [-0.1, -0.05) is 75.4 Å². The quantitative estimate of drug-likeness (QED) is 0.313. The maximum Gasteiger partial charge on any atom is 0.264 e. The summed E-state index contributed by atoms with van der Waals surface area (Å²) < 4.78 is 28.9. The first-order valence-electron chi connectivity index (χ1n) is 13.8. The molecule has 3 aromatic rings. The van der Waals surface area contributed by atoms with Gasteiger partial charge in [0.15, 0.2) is 0 Å². The standard InChI is InChI=1S/C32H41N3O4S/c1-6-30(32(37)33-22-24(2)3)34(20-19-27-13-9-7-10-14-27)31(36)23-35(28-18-17-25(4)26(5)21-28)40(38,39)29-15-11-8-12-16-29/h7-18,21,24,30H,6,19-20,22-23H2,1-5H3,(H,33,37)/t30-/m0/s1. The van der Waals surface area contributed by atoms with Gasteiger partial charge in [0, 0.05) is 13.1 Å². The molecule has 3 aromatic carbocycles. The van der Waals surface area contributed by atoms with Crippen LogP contribution >= 0.6 is 0 Å². The number of nitrogens with zero attached hydrogens (tertiary/aromatic N) is 2. The van der Waals surface area contributed by atoms with Crippen molar-refractivity contribution in [3.05, 3.63) is 95.6 Å². The molecule has 0 aliphatic heterocycles. The highest BCUT2D eigenvalue weighted by molar-refractivity contribution is 7.92. The molecule has 0 bridgehead atoms. The average Bonchev–Trinajstić information content (AvgIpc) is 2.95. The molecule has 3 rings (SSSR count). The molecule has 0 spiro atoms. The number of hydrogen-bond donors (Lipinski definition) is 1. The number of benzene rings is 3. The lowest BCUT2D eigenvalue weighted by atomic mass is 10.1. The molecule has 0 saturated carbocycles. The minimum absolute atomic E-state index is 0.0959. The van der Waals surface area contributed by atoms with Crippen LogP contribution < -0.4 is 9.62 Å². The van der Waals surface area contributed by atoms with Crippen LogP contribution in [0.25, 0.3) is 0 Å². The van der Waals surface area contributed by atoms with E-state index >= 15 is 0 Å². The fourth-order valence-corrected chi connectivity index (χ4v) is 5.87. The van der Waals surface area contributed by atoms with Crippen LogP contribution in [0.1, 0.15) is 43.9 Å². The van der Waals surface area contributed by atoms with Crippen LogP contribution in [0, 0.1) is 19.8 Å². The van der Waals surface area contributed by atoms with E-state index in [9.17, 15) is 18.0 Å². The third kappa shape index (κ3) is 7.94. The molecule has 7 nitrogen and oxygen atoms in total. The monoisotopic (exact) mass is 563 g/mol. The first kappa shape index (κ1) is 30.9. The maximum absolute atomic E-state index is 14.1. The van der Waals surface area contributed by atoms with Gasteiger partial charge in [-0.3, -0.25) is 13.9 Å². The zero-order valence-corrected chi connectivity index (χ0v) is 24.9. The molecule has 214 valence electrons. The molecule has 0 aliphatic rings. The third-order valence-electron chi connectivity index (χ3n) is 6.94. The van der Waals surface area contributed by atoms with Crippen molar-refractivity contribution in [2.24, 2.45) is 5.92 Å². The molecule has 0 aromatic heterocycles. The fraction of sp³-hybridized carbons (Fsp3) is 0.375. The maximum atomic E-state index is 14.1. The Labute approximate surface area is 239 Å². The molecule has 1 atom stereocenters. The van der Waals surface area contributed by atoms with Gasteiger partial charge in [0.25, 0.3) is 10.0 Å². The first-order valence-corrected chi connectivity index (χ1v) is 15.2. The van der Waals surface area contributed by atoms with Crippen molar-refractivity contribution in [3.8, 4) is 0 Å². The summed E-state index contributed by atoms with van der Waals surface area (Å²) in [5, 5.41) is 2.96. The van der Waals surface area contributed by atoms with E-state index in [0.717, 1.165) is 21.0 Å². The Balaban J connectivity index is 2.00. The van der Waals surface area contributed by atoms with Gasteiger partial charge >= 0.3 is 0 Å². The molecular formula is C32H41N3O4S. The second kappa shape index (κ2) is 14.1. The molecule has 8 heteroatoms. The number of carbonyl (C=O) groups excluding carboxylic acids is 2. The van der Waals surface area contributed by atoms with Gasteiger partial charge in [0.05, 0.1) is 10.6 Å². The second-order valence-electron chi connectivity index (χ2n) is 10.5. The Morgan fingerprint density at radius 1 is 0.875 bits per heavy atom. The minimum atomic E-state index is -4.07. The number of aryl methyl sites for hydroxylation is 2. The summed E-state index contributed by atoms with van der Waals surface area (Å²) in [6, 6.07) is 22.5. The van der Waals surface area contributed by atoms with E-state index in [1.807, 2.05) is 71.0 Å². The van der Waals surface area contributed by atoms with Crippen molar-refractivity contribution in [3.63, 3.8) is 0 Å². The number of amides is 2. The fourth-order valence-electron chi connectivity index (χ4n) is 4.45. The largest absolute Gasteiger partial charge is 0.354 e.